The Morgan fingerprint density at radius 3 is 2.44 bits per heavy atom. The quantitative estimate of drug-likeness (QED) is 0.730. The van der Waals surface area contributed by atoms with Crippen molar-refractivity contribution in [1.29, 1.82) is 0 Å². The van der Waals surface area contributed by atoms with Crippen LogP contribution in [0, 0.1) is 0 Å². The number of hydrogen-bond donors (Lipinski definition) is 2. The highest BCUT2D eigenvalue weighted by molar-refractivity contribution is 5.29. The lowest BCUT2D eigenvalue weighted by molar-refractivity contribution is 0.340. The first-order chi connectivity index (χ1) is 8.67. The first-order valence-corrected chi connectivity index (χ1v) is 6.48. The van der Waals surface area contributed by atoms with E-state index in [2.05, 4.69) is 36.4 Å². The van der Waals surface area contributed by atoms with Crippen LogP contribution in [-0.2, 0) is 0 Å². The third kappa shape index (κ3) is 5.04. The molecule has 0 fully saturated rings. The van der Waals surface area contributed by atoms with Crippen LogP contribution < -0.4 is 15.8 Å². The molecular formula is C14H25N3O. The van der Waals surface area contributed by atoms with Crippen LogP contribution in [-0.4, -0.2) is 45.2 Å². The van der Waals surface area contributed by atoms with Crippen molar-refractivity contribution in [2.75, 3.05) is 40.3 Å². The van der Waals surface area contributed by atoms with Crippen LogP contribution in [0.4, 0.5) is 0 Å². The van der Waals surface area contributed by atoms with Crippen LogP contribution >= 0.6 is 0 Å². The molecule has 1 unspecified atom stereocenters. The van der Waals surface area contributed by atoms with Gasteiger partial charge in [-0.25, -0.2) is 0 Å². The second-order valence-corrected chi connectivity index (χ2v) is 4.55. The minimum Gasteiger partial charge on any atom is -0.494 e. The SMILES string of the molecule is CCOc1ccc(C(CN)NCCN(C)C)cc1. The van der Waals surface area contributed by atoms with Crippen molar-refractivity contribution in [3.63, 3.8) is 0 Å². The Morgan fingerprint density at radius 1 is 1.28 bits per heavy atom. The van der Waals surface area contributed by atoms with E-state index in [-0.39, 0.29) is 6.04 Å². The summed E-state index contributed by atoms with van der Waals surface area (Å²) in [4.78, 5) is 2.15. The number of nitrogens with two attached hydrogens (primary N) is 1. The van der Waals surface area contributed by atoms with E-state index in [1.165, 1.54) is 5.56 Å². The molecule has 1 aromatic carbocycles. The molecule has 0 spiro atoms. The minimum atomic E-state index is 0.209. The lowest BCUT2D eigenvalue weighted by Gasteiger charge is -2.19. The van der Waals surface area contributed by atoms with Crippen molar-refractivity contribution in [2.24, 2.45) is 5.73 Å². The zero-order valence-electron chi connectivity index (χ0n) is 11.6. The highest BCUT2D eigenvalue weighted by Gasteiger charge is 2.08. The van der Waals surface area contributed by atoms with E-state index in [1.54, 1.807) is 0 Å². The van der Waals surface area contributed by atoms with Crippen LogP contribution in [0.1, 0.15) is 18.5 Å². The molecule has 3 N–H and O–H groups in total. The Kier molecular flexibility index (Phi) is 6.72. The molecule has 0 saturated heterocycles. The van der Waals surface area contributed by atoms with Crippen LogP contribution in [0.2, 0.25) is 0 Å². The number of hydrogen-bond acceptors (Lipinski definition) is 4. The fourth-order valence-corrected chi connectivity index (χ4v) is 1.76. The van der Waals surface area contributed by atoms with Gasteiger partial charge in [0.1, 0.15) is 5.75 Å². The molecule has 4 heteroatoms. The normalized spacial score (nSPS) is 12.7. The van der Waals surface area contributed by atoms with E-state index in [0.717, 1.165) is 18.8 Å². The maximum atomic E-state index is 5.81. The van der Waals surface area contributed by atoms with Gasteiger partial charge in [0.15, 0.2) is 0 Å². The molecule has 0 amide bonds. The number of nitrogens with zero attached hydrogens (tertiary/aromatic N) is 1. The topological polar surface area (TPSA) is 50.5 Å². The fourth-order valence-electron chi connectivity index (χ4n) is 1.76. The summed E-state index contributed by atoms with van der Waals surface area (Å²) in [5.41, 5.74) is 7.02. The molecule has 0 saturated carbocycles. The lowest BCUT2D eigenvalue weighted by Crippen LogP contribution is -2.33. The van der Waals surface area contributed by atoms with Gasteiger partial charge in [-0.3, -0.25) is 0 Å². The average molecular weight is 251 g/mol. The van der Waals surface area contributed by atoms with Crippen LogP contribution in [0.25, 0.3) is 0 Å². The van der Waals surface area contributed by atoms with E-state index >= 15 is 0 Å². The second-order valence-electron chi connectivity index (χ2n) is 4.55. The van der Waals surface area contributed by atoms with Gasteiger partial charge in [-0.1, -0.05) is 12.1 Å². The predicted molar refractivity (Wildman–Crippen MR) is 76.0 cm³/mol. The van der Waals surface area contributed by atoms with Gasteiger partial charge in [-0.2, -0.15) is 0 Å². The largest absolute Gasteiger partial charge is 0.494 e. The first kappa shape index (κ1) is 15.0. The van der Waals surface area contributed by atoms with Gasteiger partial charge < -0.3 is 20.7 Å². The summed E-state index contributed by atoms with van der Waals surface area (Å²) in [7, 11) is 4.13. The van der Waals surface area contributed by atoms with Gasteiger partial charge >= 0.3 is 0 Å². The van der Waals surface area contributed by atoms with Crippen LogP contribution in [0.15, 0.2) is 24.3 Å². The van der Waals surface area contributed by atoms with Gasteiger partial charge in [0.05, 0.1) is 6.61 Å². The number of ether oxygens (including phenoxy) is 1. The molecule has 1 rings (SSSR count). The monoisotopic (exact) mass is 251 g/mol. The molecule has 0 aliphatic carbocycles. The molecule has 0 bridgehead atoms. The fraction of sp³-hybridized carbons (Fsp3) is 0.571. The zero-order chi connectivity index (χ0) is 13.4. The molecule has 18 heavy (non-hydrogen) atoms. The zero-order valence-corrected chi connectivity index (χ0v) is 11.6. The maximum Gasteiger partial charge on any atom is 0.119 e. The second kappa shape index (κ2) is 8.08. The Balaban J connectivity index is 2.53. The van der Waals surface area contributed by atoms with E-state index in [9.17, 15) is 0 Å². The van der Waals surface area contributed by atoms with E-state index in [4.69, 9.17) is 10.5 Å². The Morgan fingerprint density at radius 2 is 1.94 bits per heavy atom. The van der Waals surface area contributed by atoms with Crippen LogP contribution in [0.3, 0.4) is 0 Å². The van der Waals surface area contributed by atoms with Gasteiger partial charge in [0.2, 0.25) is 0 Å². The number of rotatable bonds is 8. The highest BCUT2D eigenvalue weighted by atomic mass is 16.5. The summed E-state index contributed by atoms with van der Waals surface area (Å²) in [6, 6.07) is 8.35. The van der Waals surface area contributed by atoms with Crippen molar-refractivity contribution < 1.29 is 4.74 Å². The third-order valence-corrected chi connectivity index (χ3v) is 2.78. The summed E-state index contributed by atoms with van der Waals surface area (Å²) >= 11 is 0. The Labute approximate surface area is 110 Å². The summed E-state index contributed by atoms with van der Waals surface area (Å²) in [6.07, 6.45) is 0. The van der Waals surface area contributed by atoms with E-state index in [1.807, 2.05) is 19.1 Å². The molecule has 0 aliphatic rings. The maximum absolute atomic E-state index is 5.81. The summed E-state index contributed by atoms with van der Waals surface area (Å²) in [6.45, 7) is 5.22. The van der Waals surface area contributed by atoms with E-state index < -0.39 is 0 Å². The Bertz CT molecular complexity index is 324. The number of likely N-dealkylation sites (N-methyl/N-ethyl adjacent to an activating group) is 1. The van der Waals surface area contributed by atoms with Crippen molar-refractivity contribution >= 4 is 0 Å². The standard InChI is InChI=1S/C14H25N3O/c1-4-18-13-7-5-12(6-8-13)14(11-15)16-9-10-17(2)3/h5-8,14,16H,4,9-11,15H2,1-3H3. The van der Waals surface area contributed by atoms with Gasteiger partial charge in [0, 0.05) is 25.7 Å². The molecule has 1 atom stereocenters. The number of nitrogens with one attached hydrogen (secondary N) is 1. The smallest absolute Gasteiger partial charge is 0.119 e. The lowest BCUT2D eigenvalue weighted by atomic mass is 10.1. The summed E-state index contributed by atoms with van der Waals surface area (Å²) < 4.78 is 5.43. The third-order valence-electron chi connectivity index (χ3n) is 2.78. The average Bonchev–Trinajstić information content (AvgIpc) is 2.36. The Hall–Kier alpha value is -1.10. The molecule has 4 nitrogen and oxygen atoms in total. The molecule has 0 radical (unpaired) electrons. The van der Waals surface area contributed by atoms with Gasteiger partial charge in [-0.15, -0.1) is 0 Å². The summed E-state index contributed by atoms with van der Waals surface area (Å²) in [5.74, 6) is 0.908. The van der Waals surface area contributed by atoms with E-state index in [0.29, 0.717) is 13.2 Å². The van der Waals surface area contributed by atoms with Crippen molar-refractivity contribution in [2.45, 2.75) is 13.0 Å². The van der Waals surface area contributed by atoms with Gasteiger partial charge in [-0.05, 0) is 38.7 Å². The molecule has 0 heterocycles. The number of benzene rings is 1. The van der Waals surface area contributed by atoms with Crippen molar-refractivity contribution in [3.8, 4) is 5.75 Å². The highest BCUT2D eigenvalue weighted by Crippen LogP contribution is 2.17. The van der Waals surface area contributed by atoms with Crippen molar-refractivity contribution in [3.05, 3.63) is 29.8 Å². The molecular weight excluding hydrogens is 226 g/mol. The molecule has 0 aliphatic heterocycles. The molecule has 0 aromatic heterocycles. The predicted octanol–water partition coefficient (Wildman–Crippen LogP) is 1.24. The van der Waals surface area contributed by atoms with Crippen molar-refractivity contribution in [1.82, 2.24) is 10.2 Å². The summed E-state index contributed by atoms with van der Waals surface area (Å²) in [5, 5.41) is 3.46. The molecule has 102 valence electrons. The van der Waals surface area contributed by atoms with Gasteiger partial charge in [0.25, 0.3) is 0 Å². The van der Waals surface area contributed by atoms with Crippen LogP contribution in [0.5, 0.6) is 5.75 Å². The molecule has 1 aromatic rings. The minimum absolute atomic E-state index is 0.209. The first-order valence-electron chi connectivity index (χ1n) is 6.48.